The zero-order valence-corrected chi connectivity index (χ0v) is 39.4. The summed E-state index contributed by atoms with van der Waals surface area (Å²) in [5, 5.41) is 31.0. The first-order valence-electron chi connectivity index (χ1n) is 22.5. The van der Waals surface area contributed by atoms with E-state index in [0.29, 0.717) is 25.2 Å². The van der Waals surface area contributed by atoms with Gasteiger partial charge in [0.2, 0.25) is 0 Å². The Kier molecular flexibility index (Phi) is 28.3. The number of carbonyl (C=O) groups is 2. The Balaban J connectivity index is 1.85. The molecular weight excluding hydrogens is 876 g/mol. The van der Waals surface area contributed by atoms with Gasteiger partial charge in [0.1, 0.15) is 30.7 Å². The lowest BCUT2D eigenvalue weighted by atomic mass is 10.00. The van der Waals surface area contributed by atoms with Gasteiger partial charge in [-0.1, -0.05) is 128 Å². The molecule has 4 unspecified atom stereocenters. The number of nitrogens with zero attached hydrogens (tertiary/aromatic N) is 2. The van der Waals surface area contributed by atoms with E-state index < -0.39 is 89.8 Å². The summed E-state index contributed by atoms with van der Waals surface area (Å²) in [6.07, 6.45) is 18.7. The molecule has 2 heterocycles. The highest BCUT2D eigenvalue weighted by Gasteiger charge is 2.46. The number of allylic oxidation sites excluding steroid dienone is 5. The third-order valence-electron chi connectivity index (χ3n) is 10.4. The summed E-state index contributed by atoms with van der Waals surface area (Å²) in [5.74, 6) is -0.684. The molecule has 0 radical (unpaired) electrons. The highest BCUT2D eigenvalue weighted by molar-refractivity contribution is 7.61. The maximum absolute atomic E-state index is 12.8. The fraction of sp³-hybridized carbons (Fsp3) is 0.721. The van der Waals surface area contributed by atoms with E-state index in [9.17, 15) is 48.6 Å². The Morgan fingerprint density at radius 1 is 0.859 bits per heavy atom. The summed E-state index contributed by atoms with van der Waals surface area (Å²) in [7, 11) is -10.9. The highest BCUT2D eigenvalue weighted by Crippen LogP contribution is 2.60. The van der Waals surface area contributed by atoms with Crippen LogP contribution in [0.1, 0.15) is 143 Å². The normalized spacial score (nSPS) is 21.2. The van der Waals surface area contributed by atoms with Crippen molar-refractivity contribution in [1.82, 2.24) is 9.55 Å². The van der Waals surface area contributed by atoms with Crippen LogP contribution < -0.4 is 11.4 Å². The number of nitrogens with two attached hydrogens (primary N) is 1. The van der Waals surface area contributed by atoms with Gasteiger partial charge in [-0.3, -0.25) is 23.2 Å². The average molecular weight is 950 g/mol. The summed E-state index contributed by atoms with van der Waals surface area (Å²) in [4.78, 5) is 61.6. The second-order valence-electron chi connectivity index (χ2n) is 16.0. The number of phosphoric acid groups is 2. The van der Waals surface area contributed by atoms with Gasteiger partial charge in [-0.15, -0.1) is 0 Å². The molecule has 0 aliphatic carbocycles. The van der Waals surface area contributed by atoms with Crippen LogP contribution in [0.2, 0.25) is 0 Å². The van der Waals surface area contributed by atoms with Crippen LogP contribution in [0.5, 0.6) is 0 Å². The molecule has 1 aliphatic heterocycles. The van der Waals surface area contributed by atoms with Gasteiger partial charge in [-0.05, 0) is 44.1 Å². The van der Waals surface area contributed by atoms with E-state index in [2.05, 4.69) is 42.2 Å². The molecule has 21 heteroatoms. The van der Waals surface area contributed by atoms with Gasteiger partial charge in [0.15, 0.2) is 12.3 Å². The van der Waals surface area contributed by atoms with Gasteiger partial charge in [-0.25, -0.2) is 13.9 Å². The predicted octanol–water partition coefficient (Wildman–Crippen LogP) is 6.88. The van der Waals surface area contributed by atoms with Crippen LogP contribution in [-0.2, 0) is 46.3 Å². The second-order valence-corrected chi connectivity index (χ2v) is 19.0. The number of hydrogen-bond acceptors (Lipinski definition) is 16. The first-order chi connectivity index (χ1) is 30.5. The number of hydrogen-bond donors (Lipinski definition) is 6. The molecule has 0 spiro atoms. The third-order valence-corrected chi connectivity index (χ3v) is 13.0. The molecule has 1 aromatic heterocycles. The van der Waals surface area contributed by atoms with Crippen LogP contribution >= 0.6 is 15.6 Å². The molecule has 7 N–H and O–H groups in total. The number of esters is 2. The molecule has 64 heavy (non-hydrogen) atoms. The Morgan fingerprint density at radius 2 is 1.48 bits per heavy atom. The van der Waals surface area contributed by atoms with Crippen LogP contribution in [0.3, 0.4) is 0 Å². The summed E-state index contributed by atoms with van der Waals surface area (Å²) in [6, 6.07) is 1.24. The van der Waals surface area contributed by atoms with Crippen molar-refractivity contribution in [3.8, 4) is 0 Å². The predicted molar refractivity (Wildman–Crippen MR) is 239 cm³/mol. The maximum atomic E-state index is 12.8. The van der Waals surface area contributed by atoms with Crippen molar-refractivity contribution >= 4 is 33.4 Å². The number of rotatable bonds is 35. The number of aliphatic hydroxyl groups is 3. The molecule has 0 bridgehead atoms. The monoisotopic (exact) mass is 949 g/mol. The fourth-order valence-corrected chi connectivity index (χ4v) is 8.58. The minimum atomic E-state index is -5.43. The van der Waals surface area contributed by atoms with E-state index in [4.69, 9.17) is 29.0 Å². The Hall–Kier alpha value is -3.06. The standard InChI is InChI=1S/C43H73N3O16P2/c1-4-6-7-8-9-14-19-24-34(47)25-20-15-12-17-21-26-38(48)57-30-35(60-39(49)27-22-16-11-10-13-18-23-33(3)5-2)31-58-63(53,54)62-64(55,56)59-32-36-40(50)41(51)42(61-36)46-29-28-37(44)45-43(46)52/h6-7,9,14,19,24,28-29,33-36,40-42,47,50-51H,4-5,8,10-13,15-18,20-23,25-27,30-32H2,1-3H3,(H,53,54)(H,55,56)(H2,44,45,52)/b7-6+,14-9+,24-19+/t33?,34?,35-,36-,40-,41-,42-/m1/s1. The van der Waals surface area contributed by atoms with E-state index in [0.717, 1.165) is 87.8 Å². The minimum absolute atomic E-state index is 0.0275. The molecular formula is C43H73N3O16P2. The van der Waals surface area contributed by atoms with Crippen LogP contribution in [0, 0.1) is 5.92 Å². The lowest BCUT2D eigenvalue weighted by Gasteiger charge is -2.21. The summed E-state index contributed by atoms with van der Waals surface area (Å²) >= 11 is 0. The van der Waals surface area contributed by atoms with Gasteiger partial charge in [-0.2, -0.15) is 9.29 Å². The average Bonchev–Trinajstić information content (AvgIpc) is 3.52. The summed E-state index contributed by atoms with van der Waals surface area (Å²) in [5.41, 5.74) is 4.56. The quantitative estimate of drug-likeness (QED) is 0.0133. The number of aromatic nitrogens is 2. The first-order valence-corrected chi connectivity index (χ1v) is 25.5. The molecule has 9 atom stereocenters. The topological polar surface area (TPSA) is 286 Å². The first kappa shape index (κ1) is 57.1. The number of anilines is 1. The van der Waals surface area contributed by atoms with Crippen LogP contribution in [0.4, 0.5) is 5.82 Å². The van der Waals surface area contributed by atoms with Crippen LogP contribution in [0.15, 0.2) is 53.5 Å². The molecule has 0 amide bonds. The van der Waals surface area contributed by atoms with Gasteiger partial charge in [0, 0.05) is 19.0 Å². The molecule has 0 saturated carbocycles. The number of phosphoric ester groups is 2. The molecule has 19 nitrogen and oxygen atoms in total. The SMILES string of the molecule is CC/C=C/C/C=C/C=C/C(O)CCCCCCCC(=O)OC[C@H](COP(=O)(O)OP(=O)(O)OC[C@H]1O[C@@H](n2ccc(N)nc2=O)[C@H](O)[C@@H]1O)OC(=O)CCCCCCCCC(C)CC. The van der Waals surface area contributed by atoms with Crippen molar-refractivity contribution in [2.75, 3.05) is 25.6 Å². The molecule has 1 aromatic rings. The maximum Gasteiger partial charge on any atom is 0.481 e. The van der Waals surface area contributed by atoms with E-state index in [1.54, 1.807) is 6.08 Å². The fourth-order valence-electron chi connectivity index (χ4n) is 6.47. The molecule has 0 aromatic carbocycles. The lowest BCUT2D eigenvalue weighted by molar-refractivity contribution is -0.161. The molecule has 1 aliphatic rings. The van der Waals surface area contributed by atoms with E-state index in [1.807, 2.05) is 18.2 Å². The van der Waals surface area contributed by atoms with Crippen molar-refractivity contribution in [3.05, 3.63) is 59.2 Å². The van der Waals surface area contributed by atoms with Crippen molar-refractivity contribution in [2.45, 2.75) is 173 Å². The van der Waals surface area contributed by atoms with Crippen LogP contribution in [-0.4, -0.2) is 96.9 Å². The van der Waals surface area contributed by atoms with Gasteiger partial charge < -0.3 is 45.1 Å². The molecule has 366 valence electrons. The zero-order chi connectivity index (χ0) is 47.4. The summed E-state index contributed by atoms with van der Waals surface area (Å²) in [6.45, 7) is 4.12. The highest BCUT2D eigenvalue weighted by atomic mass is 31.3. The van der Waals surface area contributed by atoms with E-state index >= 15 is 0 Å². The Bertz CT molecular complexity index is 1740. The van der Waals surface area contributed by atoms with Crippen molar-refractivity contribution < 1.29 is 71.4 Å². The number of carbonyl (C=O) groups excluding carboxylic acids is 2. The van der Waals surface area contributed by atoms with Crippen molar-refractivity contribution in [3.63, 3.8) is 0 Å². The third kappa shape index (κ3) is 25.0. The minimum Gasteiger partial charge on any atom is -0.462 e. The van der Waals surface area contributed by atoms with E-state index in [-0.39, 0.29) is 18.7 Å². The number of aliphatic hydroxyl groups excluding tert-OH is 3. The zero-order valence-electron chi connectivity index (χ0n) is 37.6. The summed E-state index contributed by atoms with van der Waals surface area (Å²) < 4.78 is 56.4. The van der Waals surface area contributed by atoms with Crippen molar-refractivity contribution in [2.24, 2.45) is 5.92 Å². The van der Waals surface area contributed by atoms with Crippen molar-refractivity contribution in [1.29, 1.82) is 0 Å². The van der Waals surface area contributed by atoms with E-state index in [1.165, 1.54) is 12.5 Å². The number of nitrogen functional groups attached to an aromatic ring is 1. The smallest absolute Gasteiger partial charge is 0.462 e. The molecule has 2 rings (SSSR count). The van der Waals surface area contributed by atoms with Gasteiger partial charge >= 0.3 is 33.3 Å². The largest absolute Gasteiger partial charge is 0.481 e. The van der Waals surface area contributed by atoms with Crippen LogP contribution in [0.25, 0.3) is 0 Å². The molecule has 1 fully saturated rings. The van der Waals surface area contributed by atoms with Gasteiger partial charge in [0.25, 0.3) is 0 Å². The Morgan fingerprint density at radius 3 is 2.14 bits per heavy atom. The number of unbranched alkanes of at least 4 members (excludes halogenated alkanes) is 9. The number of ether oxygens (including phenoxy) is 3. The second kappa shape index (κ2) is 31.8. The molecule has 1 saturated heterocycles. The lowest BCUT2D eigenvalue weighted by Crippen LogP contribution is -2.36. The Labute approximate surface area is 377 Å². The van der Waals surface area contributed by atoms with Gasteiger partial charge in [0.05, 0.1) is 19.3 Å².